The highest BCUT2D eigenvalue weighted by Crippen LogP contribution is 2.45. The predicted octanol–water partition coefficient (Wildman–Crippen LogP) is 0.612. The van der Waals surface area contributed by atoms with Gasteiger partial charge >= 0.3 is 17.8 Å². The Morgan fingerprint density at radius 2 is 1.43 bits per heavy atom. The molecular formula is C5H2F7O2-. The van der Waals surface area contributed by atoms with Crippen molar-refractivity contribution in [3.8, 4) is 0 Å². The second kappa shape index (κ2) is 3.28. The van der Waals surface area contributed by atoms with Gasteiger partial charge in [-0.25, -0.2) is 4.39 Å². The highest BCUT2D eigenvalue weighted by atomic mass is 19.3. The van der Waals surface area contributed by atoms with Gasteiger partial charge < -0.3 is 9.90 Å². The van der Waals surface area contributed by atoms with E-state index < -0.39 is 30.4 Å². The molecule has 0 aromatic carbocycles. The zero-order valence-electron chi connectivity index (χ0n) is 6.17. The quantitative estimate of drug-likeness (QED) is 0.660. The van der Waals surface area contributed by atoms with E-state index in [-0.39, 0.29) is 0 Å². The molecule has 0 fully saturated rings. The van der Waals surface area contributed by atoms with Crippen molar-refractivity contribution in [2.75, 3.05) is 6.67 Å². The molecule has 0 bridgehead atoms. The molecule has 0 radical (unpaired) electrons. The lowest BCUT2D eigenvalue weighted by atomic mass is 10.1. The highest BCUT2D eigenvalue weighted by molar-refractivity contribution is 5.74. The van der Waals surface area contributed by atoms with Crippen molar-refractivity contribution >= 4 is 5.97 Å². The summed E-state index contributed by atoms with van der Waals surface area (Å²) in [6.45, 7) is -3.11. The van der Waals surface area contributed by atoms with E-state index in [0.29, 0.717) is 0 Å². The minimum absolute atomic E-state index is 3.11. The third-order valence-electron chi connectivity index (χ3n) is 1.28. The van der Waals surface area contributed by atoms with E-state index in [0.717, 1.165) is 0 Å². The van der Waals surface area contributed by atoms with Crippen molar-refractivity contribution in [3.63, 3.8) is 0 Å². The second-order valence-electron chi connectivity index (χ2n) is 2.27. The molecule has 0 aliphatic heterocycles. The van der Waals surface area contributed by atoms with Crippen LogP contribution in [0, 0.1) is 0 Å². The number of hydrogen-bond donors (Lipinski definition) is 0. The number of hydrogen-bond acceptors (Lipinski definition) is 2. The Kier molecular flexibility index (Phi) is 3.04. The fraction of sp³-hybridized carbons (Fsp3) is 0.800. The van der Waals surface area contributed by atoms with Gasteiger partial charge in [-0.05, 0) is 0 Å². The first-order valence-corrected chi connectivity index (χ1v) is 2.91. The maximum Gasteiger partial charge on any atom is 0.380 e. The molecule has 84 valence electrons. The van der Waals surface area contributed by atoms with Gasteiger partial charge in [0.05, 0.1) is 0 Å². The van der Waals surface area contributed by atoms with Crippen LogP contribution >= 0.6 is 0 Å². The fourth-order valence-electron chi connectivity index (χ4n) is 0.442. The number of carboxylic acids is 1. The monoisotopic (exact) mass is 227 g/mol. The molecule has 0 N–H and O–H groups in total. The number of aliphatic carboxylic acids is 1. The lowest BCUT2D eigenvalue weighted by Crippen LogP contribution is -2.62. The molecular weight excluding hydrogens is 225 g/mol. The zero-order valence-corrected chi connectivity index (χ0v) is 6.17. The van der Waals surface area contributed by atoms with E-state index in [1.165, 1.54) is 0 Å². The SMILES string of the molecule is O=C([O-])C(F)(F)C(F)(F)C(F)(F)CF. The van der Waals surface area contributed by atoms with Crippen LogP contribution in [0.3, 0.4) is 0 Å². The Morgan fingerprint density at radius 1 is 1.07 bits per heavy atom. The van der Waals surface area contributed by atoms with Gasteiger partial charge in [-0.2, -0.15) is 26.3 Å². The summed E-state index contributed by atoms with van der Waals surface area (Å²) in [6.07, 6.45) is 0. The molecule has 0 saturated carbocycles. The minimum Gasteiger partial charge on any atom is -0.544 e. The number of carboxylic acid groups (broad SMARTS) is 1. The second-order valence-corrected chi connectivity index (χ2v) is 2.27. The summed E-state index contributed by atoms with van der Waals surface area (Å²) < 4.78 is 83.1. The summed E-state index contributed by atoms with van der Waals surface area (Å²) in [7, 11) is 0. The van der Waals surface area contributed by atoms with Gasteiger partial charge in [0.25, 0.3) is 0 Å². The Morgan fingerprint density at radius 3 is 1.64 bits per heavy atom. The van der Waals surface area contributed by atoms with Crippen LogP contribution in [0.15, 0.2) is 0 Å². The van der Waals surface area contributed by atoms with Crippen molar-refractivity contribution in [1.29, 1.82) is 0 Å². The Bertz CT molecular complexity index is 236. The van der Waals surface area contributed by atoms with Crippen LogP contribution in [0.5, 0.6) is 0 Å². The molecule has 0 atom stereocenters. The van der Waals surface area contributed by atoms with Gasteiger partial charge in [0.2, 0.25) is 0 Å². The van der Waals surface area contributed by atoms with Gasteiger partial charge in [-0.15, -0.1) is 0 Å². The lowest BCUT2D eigenvalue weighted by Gasteiger charge is -2.31. The summed E-state index contributed by atoms with van der Waals surface area (Å²) >= 11 is 0. The molecule has 0 aromatic rings. The zero-order chi connectivity index (χ0) is 11.8. The third-order valence-corrected chi connectivity index (χ3v) is 1.28. The maximum atomic E-state index is 12.1. The highest BCUT2D eigenvalue weighted by Gasteiger charge is 2.72. The van der Waals surface area contributed by atoms with Crippen LogP contribution in [0.2, 0.25) is 0 Å². The molecule has 14 heavy (non-hydrogen) atoms. The Labute approximate surface area is 72.3 Å². The van der Waals surface area contributed by atoms with Crippen LogP contribution in [0.4, 0.5) is 30.7 Å². The van der Waals surface area contributed by atoms with Crippen molar-refractivity contribution in [2.45, 2.75) is 17.8 Å². The first kappa shape index (κ1) is 13.0. The fourth-order valence-corrected chi connectivity index (χ4v) is 0.442. The molecule has 0 spiro atoms. The number of rotatable bonds is 4. The van der Waals surface area contributed by atoms with Crippen LogP contribution in [-0.2, 0) is 4.79 Å². The summed E-state index contributed by atoms with van der Waals surface area (Å²) in [6, 6.07) is 0. The van der Waals surface area contributed by atoms with Crippen LogP contribution < -0.4 is 5.11 Å². The standard InChI is InChI=1S/C5H3F7O2/c6-1-3(7,8)5(11,12)4(9,10)2(13)14/h1H2,(H,13,14)/p-1. The first-order chi connectivity index (χ1) is 6.00. The normalized spacial score (nSPS) is 14.2. The summed E-state index contributed by atoms with van der Waals surface area (Å²) in [5.74, 6) is -21.9. The largest absolute Gasteiger partial charge is 0.544 e. The number of alkyl halides is 7. The van der Waals surface area contributed by atoms with Crippen molar-refractivity contribution < 1.29 is 40.6 Å². The van der Waals surface area contributed by atoms with Gasteiger partial charge in [0, 0.05) is 0 Å². The maximum absolute atomic E-state index is 12.1. The van der Waals surface area contributed by atoms with Gasteiger partial charge in [0.1, 0.15) is 5.97 Å². The minimum atomic E-state index is -6.34. The Balaban J connectivity index is 5.24. The molecule has 0 aliphatic rings. The molecule has 9 heteroatoms. The van der Waals surface area contributed by atoms with Gasteiger partial charge in [0.15, 0.2) is 6.67 Å². The van der Waals surface area contributed by atoms with Gasteiger partial charge in [-0.3, -0.25) is 0 Å². The van der Waals surface area contributed by atoms with Crippen LogP contribution in [-0.4, -0.2) is 30.4 Å². The molecule has 0 heterocycles. The number of halogens is 7. The number of carbonyl (C=O) groups is 1. The summed E-state index contributed by atoms with van der Waals surface area (Å²) in [4.78, 5) is 9.43. The molecule has 2 nitrogen and oxygen atoms in total. The van der Waals surface area contributed by atoms with E-state index in [1.54, 1.807) is 0 Å². The smallest absolute Gasteiger partial charge is 0.380 e. The number of carbonyl (C=O) groups excluding carboxylic acids is 1. The lowest BCUT2D eigenvalue weighted by molar-refractivity contribution is -0.370. The molecule has 0 aliphatic carbocycles. The molecule has 0 amide bonds. The van der Waals surface area contributed by atoms with Gasteiger partial charge in [-0.1, -0.05) is 0 Å². The molecule has 0 rings (SSSR count). The van der Waals surface area contributed by atoms with E-state index in [9.17, 15) is 40.6 Å². The predicted molar refractivity (Wildman–Crippen MR) is 25.8 cm³/mol. The summed E-state index contributed by atoms with van der Waals surface area (Å²) in [5.41, 5.74) is 0. The molecule has 0 saturated heterocycles. The van der Waals surface area contributed by atoms with E-state index in [1.807, 2.05) is 0 Å². The molecule has 0 unspecified atom stereocenters. The van der Waals surface area contributed by atoms with E-state index in [2.05, 4.69) is 0 Å². The average Bonchev–Trinajstić information content (AvgIpc) is 2.03. The van der Waals surface area contributed by atoms with Crippen LogP contribution in [0.25, 0.3) is 0 Å². The van der Waals surface area contributed by atoms with E-state index in [4.69, 9.17) is 0 Å². The van der Waals surface area contributed by atoms with Crippen molar-refractivity contribution in [3.05, 3.63) is 0 Å². The summed E-state index contributed by atoms with van der Waals surface area (Å²) in [5, 5.41) is 9.43. The van der Waals surface area contributed by atoms with Crippen molar-refractivity contribution in [1.82, 2.24) is 0 Å². The van der Waals surface area contributed by atoms with Crippen molar-refractivity contribution in [2.24, 2.45) is 0 Å². The van der Waals surface area contributed by atoms with E-state index >= 15 is 0 Å². The third kappa shape index (κ3) is 1.62. The van der Waals surface area contributed by atoms with Crippen LogP contribution in [0.1, 0.15) is 0 Å². The Hall–Kier alpha value is -1.02. The topological polar surface area (TPSA) is 40.1 Å². The first-order valence-electron chi connectivity index (χ1n) is 2.91. The molecule has 0 aromatic heterocycles. The average molecular weight is 227 g/mol.